The Labute approximate surface area is 113 Å². The van der Waals surface area contributed by atoms with Crippen LogP contribution in [0.4, 0.5) is 0 Å². The number of aliphatic hydroxyl groups is 1. The summed E-state index contributed by atoms with van der Waals surface area (Å²) in [7, 11) is 0. The molecule has 0 spiro atoms. The van der Waals surface area contributed by atoms with Crippen LogP contribution < -0.4 is 22.1 Å². The number of amides is 1. The van der Waals surface area contributed by atoms with E-state index in [-0.39, 0.29) is 36.9 Å². The second-order valence-electron chi connectivity index (χ2n) is 4.69. The lowest BCUT2D eigenvalue weighted by Crippen LogP contribution is -2.40. The minimum Gasteiger partial charge on any atom is -0.516 e. The van der Waals surface area contributed by atoms with Crippen LogP contribution in [-0.2, 0) is 9.53 Å². The zero-order valence-corrected chi connectivity index (χ0v) is 11.2. The highest BCUT2D eigenvalue weighted by Gasteiger charge is 2.42. The van der Waals surface area contributed by atoms with Crippen LogP contribution in [0.2, 0.25) is 0 Å². The van der Waals surface area contributed by atoms with Gasteiger partial charge in [0.1, 0.15) is 12.3 Å². The second-order valence-corrected chi connectivity index (χ2v) is 4.69. The summed E-state index contributed by atoms with van der Waals surface area (Å²) in [6, 6.07) is -0.248. The third-order valence-corrected chi connectivity index (χ3v) is 2.92. The molecule has 4 unspecified atom stereocenters. The first kappa shape index (κ1) is 15.9. The monoisotopic (exact) mass is 272 g/mol. The molecule has 7 nitrogen and oxygen atoms in total. The van der Waals surface area contributed by atoms with Crippen LogP contribution >= 0.6 is 0 Å². The van der Waals surface area contributed by atoms with Crippen molar-refractivity contribution in [3.8, 4) is 0 Å². The molecule has 0 aromatic heterocycles. The van der Waals surface area contributed by atoms with E-state index in [0.29, 0.717) is 6.54 Å². The van der Waals surface area contributed by atoms with Gasteiger partial charge in [-0.15, -0.1) is 0 Å². The van der Waals surface area contributed by atoms with Crippen molar-refractivity contribution >= 4 is 5.91 Å². The fraction of sp³-hybridized carbons (Fsp3) is 0.750. The van der Waals surface area contributed by atoms with Gasteiger partial charge in [0.25, 0.3) is 0 Å². The molecule has 1 amide bonds. The summed E-state index contributed by atoms with van der Waals surface area (Å²) >= 11 is 0. The fourth-order valence-electron chi connectivity index (χ4n) is 1.81. The lowest BCUT2D eigenvalue weighted by atomic mass is 10.1. The molecule has 0 bridgehead atoms. The Morgan fingerprint density at radius 1 is 1.58 bits per heavy atom. The van der Waals surface area contributed by atoms with Gasteiger partial charge in [-0.2, -0.15) is 0 Å². The smallest absolute Gasteiger partial charge is 0.234 e. The standard InChI is InChI=1S/C12H24N4O3/c1-8(4-6-17)16-10(18)7-15-12-11(19-12)9(14)3-2-5-13/h4,6,8-9,11-12,15,17H,2-3,5,7,13-14H2,1H3,(H,16,18)/b6-4-. The number of carbonyl (C=O) groups excluding carboxylic acids is 1. The Morgan fingerprint density at radius 2 is 2.32 bits per heavy atom. The van der Waals surface area contributed by atoms with Gasteiger partial charge < -0.3 is 26.6 Å². The Hall–Kier alpha value is -1.15. The highest BCUT2D eigenvalue weighted by molar-refractivity contribution is 5.78. The second kappa shape index (κ2) is 8.11. The third kappa shape index (κ3) is 6.02. The summed E-state index contributed by atoms with van der Waals surface area (Å²) in [6.07, 6.45) is 3.91. The first-order valence-electron chi connectivity index (χ1n) is 6.53. The topological polar surface area (TPSA) is 126 Å². The predicted molar refractivity (Wildman–Crippen MR) is 72.3 cm³/mol. The van der Waals surface area contributed by atoms with Crippen LogP contribution in [0.1, 0.15) is 19.8 Å². The van der Waals surface area contributed by atoms with Crippen molar-refractivity contribution in [2.24, 2.45) is 11.5 Å². The highest BCUT2D eigenvalue weighted by atomic mass is 16.6. The molecule has 19 heavy (non-hydrogen) atoms. The zero-order chi connectivity index (χ0) is 14.3. The molecule has 0 aromatic rings. The molecule has 1 rings (SSSR count). The summed E-state index contributed by atoms with van der Waals surface area (Å²) in [5, 5.41) is 14.2. The van der Waals surface area contributed by atoms with Crippen molar-refractivity contribution in [2.75, 3.05) is 13.1 Å². The van der Waals surface area contributed by atoms with Crippen molar-refractivity contribution in [2.45, 2.75) is 44.2 Å². The molecule has 1 fully saturated rings. The van der Waals surface area contributed by atoms with E-state index in [4.69, 9.17) is 21.3 Å². The molecular formula is C12H24N4O3. The zero-order valence-electron chi connectivity index (χ0n) is 11.2. The van der Waals surface area contributed by atoms with Gasteiger partial charge in [-0.25, -0.2) is 0 Å². The maximum absolute atomic E-state index is 11.5. The summed E-state index contributed by atoms with van der Waals surface area (Å²) < 4.78 is 5.37. The molecule has 1 heterocycles. The minimum absolute atomic E-state index is 0.0332. The normalized spacial score (nSPS) is 25.2. The fourth-order valence-corrected chi connectivity index (χ4v) is 1.81. The highest BCUT2D eigenvalue weighted by Crippen LogP contribution is 2.23. The molecule has 1 saturated heterocycles. The number of aliphatic hydroxyl groups excluding tert-OH is 1. The summed E-state index contributed by atoms with van der Waals surface area (Å²) in [5.74, 6) is -0.157. The van der Waals surface area contributed by atoms with E-state index in [9.17, 15) is 4.79 Å². The molecule has 0 aliphatic carbocycles. The van der Waals surface area contributed by atoms with Crippen LogP contribution in [0.3, 0.4) is 0 Å². The average Bonchev–Trinajstić information content (AvgIpc) is 3.13. The lowest BCUT2D eigenvalue weighted by molar-refractivity contribution is -0.120. The van der Waals surface area contributed by atoms with Crippen LogP contribution in [0.15, 0.2) is 12.3 Å². The van der Waals surface area contributed by atoms with E-state index in [0.717, 1.165) is 19.1 Å². The quantitative estimate of drug-likeness (QED) is 0.269. The van der Waals surface area contributed by atoms with E-state index in [1.54, 1.807) is 6.92 Å². The third-order valence-electron chi connectivity index (χ3n) is 2.92. The molecule has 1 aliphatic heterocycles. The van der Waals surface area contributed by atoms with E-state index in [1.807, 2.05) is 0 Å². The van der Waals surface area contributed by atoms with E-state index < -0.39 is 0 Å². The number of nitrogens with one attached hydrogen (secondary N) is 2. The number of carbonyl (C=O) groups is 1. The number of rotatable bonds is 9. The molecule has 0 saturated carbocycles. The Balaban J connectivity index is 2.12. The lowest BCUT2D eigenvalue weighted by Gasteiger charge is -2.10. The molecular weight excluding hydrogens is 248 g/mol. The largest absolute Gasteiger partial charge is 0.516 e. The first-order chi connectivity index (χ1) is 9.08. The van der Waals surface area contributed by atoms with Gasteiger partial charge in [-0.05, 0) is 32.4 Å². The van der Waals surface area contributed by atoms with Gasteiger partial charge in [0.05, 0.1) is 12.8 Å². The van der Waals surface area contributed by atoms with Crippen LogP contribution in [0.5, 0.6) is 0 Å². The molecule has 0 aromatic carbocycles. The van der Waals surface area contributed by atoms with Gasteiger partial charge in [-0.3, -0.25) is 10.1 Å². The SMILES string of the molecule is CC(/C=C\O)NC(=O)CNC1OC1C(N)CCCN. The number of hydrogen-bond donors (Lipinski definition) is 5. The van der Waals surface area contributed by atoms with E-state index >= 15 is 0 Å². The Morgan fingerprint density at radius 3 is 2.95 bits per heavy atom. The van der Waals surface area contributed by atoms with Gasteiger partial charge in [-0.1, -0.05) is 0 Å². The van der Waals surface area contributed by atoms with Crippen molar-refractivity contribution < 1.29 is 14.6 Å². The Bertz CT molecular complexity index is 311. The van der Waals surface area contributed by atoms with Crippen LogP contribution in [0.25, 0.3) is 0 Å². The molecule has 7 N–H and O–H groups in total. The number of epoxide rings is 1. The van der Waals surface area contributed by atoms with E-state index in [2.05, 4.69) is 10.6 Å². The number of ether oxygens (including phenoxy) is 1. The summed E-state index contributed by atoms with van der Waals surface area (Å²) in [5.41, 5.74) is 11.3. The molecule has 7 heteroatoms. The van der Waals surface area contributed by atoms with Crippen molar-refractivity contribution in [1.82, 2.24) is 10.6 Å². The van der Waals surface area contributed by atoms with Gasteiger partial charge in [0.2, 0.25) is 5.91 Å². The molecule has 1 aliphatic rings. The van der Waals surface area contributed by atoms with Crippen molar-refractivity contribution in [1.29, 1.82) is 0 Å². The number of hydrogen-bond acceptors (Lipinski definition) is 6. The summed E-state index contributed by atoms with van der Waals surface area (Å²) in [6.45, 7) is 2.55. The summed E-state index contributed by atoms with van der Waals surface area (Å²) in [4.78, 5) is 11.5. The first-order valence-corrected chi connectivity index (χ1v) is 6.53. The maximum Gasteiger partial charge on any atom is 0.234 e. The van der Waals surface area contributed by atoms with Crippen LogP contribution in [0, 0.1) is 0 Å². The maximum atomic E-state index is 11.5. The van der Waals surface area contributed by atoms with Gasteiger partial charge in [0, 0.05) is 12.1 Å². The molecule has 4 atom stereocenters. The van der Waals surface area contributed by atoms with Crippen molar-refractivity contribution in [3.63, 3.8) is 0 Å². The van der Waals surface area contributed by atoms with Crippen LogP contribution in [-0.4, -0.2) is 48.5 Å². The minimum atomic E-state index is -0.206. The van der Waals surface area contributed by atoms with Gasteiger partial charge >= 0.3 is 0 Å². The average molecular weight is 272 g/mol. The number of nitrogens with two attached hydrogens (primary N) is 2. The van der Waals surface area contributed by atoms with Crippen molar-refractivity contribution in [3.05, 3.63) is 12.3 Å². The molecule has 0 radical (unpaired) electrons. The molecule has 110 valence electrons. The predicted octanol–water partition coefficient (Wildman–Crippen LogP) is -1.06. The van der Waals surface area contributed by atoms with Gasteiger partial charge in [0.15, 0.2) is 0 Å². The Kier molecular flexibility index (Phi) is 6.79. The van der Waals surface area contributed by atoms with E-state index in [1.165, 1.54) is 6.08 Å².